The topological polar surface area (TPSA) is 55.1 Å². The molecule has 110 valence electrons. The summed E-state index contributed by atoms with van der Waals surface area (Å²) in [6.07, 6.45) is 1.80. The van der Waals surface area contributed by atoms with Gasteiger partial charge >= 0.3 is 0 Å². The zero-order chi connectivity index (χ0) is 15.2. The minimum Gasteiger partial charge on any atom is -0.493 e. The third kappa shape index (κ3) is 3.34. The summed E-state index contributed by atoms with van der Waals surface area (Å²) in [5.74, 6) is 1.40. The van der Waals surface area contributed by atoms with E-state index in [1.807, 2.05) is 25.1 Å². The molecule has 0 atom stereocenters. The van der Waals surface area contributed by atoms with Crippen LogP contribution >= 0.6 is 11.3 Å². The fourth-order valence-electron chi connectivity index (χ4n) is 2.04. The molecule has 0 aliphatic rings. The van der Waals surface area contributed by atoms with E-state index in [0.717, 1.165) is 34.9 Å². The number of methoxy groups -OCH3 is 1. The lowest BCUT2D eigenvalue weighted by atomic mass is 10.2. The van der Waals surface area contributed by atoms with Crippen LogP contribution < -0.4 is 9.47 Å². The lowest BCUT2D eigenvalue weighted by molar-refractivity contribution is 0.311. The van der Waals surface area contributed by atoms with Crippen molar-refractivity contribution < 1.29 is 9.47 Å². The van der Waals surface area contributed by atoms with Crippen LogP contribution in [0.2, 0.25) is 0 Å². The molecule has 1 aromatic carbocycles. The smallest absolute Gasteiger partial charge is 0.161 e. The second kappa shape index (κ2) is 7.09. The number of hydrogen-bond acceptors (Lipinski definition) is 5. The highest BCUT2D eigenvalue weighted by Gasteiger charge is 2.14. The molecular weight excluding hydrogens is 284 g/mol. The van der Waals surface area contributed by atoms with Gasteiger partial charge in [0.2, 0.25) is 0 Å². The van der Waals surface area contributed by atoms with Crippen LogP contribution in [0.15, 0.2) is 18.2 Å². The van der Waals surface area contributed by atoms with E-state index < -0.39 is 0 Å². The molecule has 0 aliphatic carbocycles. The van der Waals surface area contributed by atoms with E-state index in [-0.39, 0.29) is 0 Å². The molecule has 0 unspecified atom stereocenters. The van der Waals surface area contributed by atoms with E-state index >= 15 is 0 Å². The second-order valence-corrected chi connectivity index (χ2v) is 5.45. The van der Waals surface area contributed by atoms with Crippen LogP contribution in [0.5, 0.6) is 11.5 Å². The van der Waals surface area contributed by atoms with Crippen molar-refractivity contribution in [3.05, 3.63) is 28.8 Å². The van der Waals surface area contributed by atoms with Gasteiger partial charge in [-0.15, -0.1) is 11.3 Å². The molecular formula is C16H18N2O2S. The molecule has 2 rings (SSSR count). The summed E-state index contributed by atoms with van der Waals surface area (Å²) in [6.45, 7) is 4.61. The molecule has 21 heavy (non-hydrogen) atoms. The third-order valence-electron chi connectivity index (χ3n) is 3.00. The minimum absolute atomic E-state index is 0.589. The number of aromatic nitrogens is 1. The summed E-state index contributed by atoms with van der Waals surface area (Å²) in [4.78, 5) is 5.29. The molecule has 0 N–H and O–H groups in total. The average Bonchev–Trinajstić information content (AvgIpc) is 2.91. The number of ether oxygens (including phenoxy) is 2. The summed E-state index contributed by atoms with van der Waals surface area (Å²) in [7, 11) is 1.62. The summed E-state index contributed by atoms with van der Waals surface area (Å²) in [5.41, 5.74) is 1.83. The number of thiazole rings is 1. The van der Waals surface area contributed by atoms with Crippen molar-refractivity contribution in [3.8, 4) is 28.1 Å². The average molecular weight is 302 g/mol. The van der Waals surface area contributed by atoms with Crippen LogP contribution in [0, 0.1) is 11.3 Å². The van der Waals surface area contributed by atoms with Gasteiger partial charge in [0.25, 0.3) is 0 Å². The van der Waals surface area contributed by atoms with Crippen molar-refractivity contribution in [2.75, 3.05) is 13.7 Å². The molecule has 0 saturated heterocycles. The fourth-order valence-corrected chi connectivity index (χ4v) is 2.95. The van der Waals surface area contributed by atoms with Gasteiger partial charge < -0.3 is 9.47 Å². The molecule has 0 saturated carbocycles. The predicted octanol–water partition coefficient (Wildman–Crippen LogP) is 4.04. The number of benzene rings is 1. The molecule has 2 aromatic rings. The quantitative estimate of drug-likeness (QED) is 0.808. The lowest BCUT2D eigenvalue weighted by Gasteiger charge is -2.09. The standard InChI is InChI=1S/C16H18N2O2S/c1-4-6-12-15(10-17)21-16(18-12)11-7-8-13(20-5-2)14(9-11)19-3/h7-9H,4-6H2,1-3H3. The van der Waals surface area contributed by atoms with Gasteiger partial charge in [0.15, 0.2) is 11.5 Å². The van der Waals surface area contributed by atoms with E-state index in [2.05, 4.69) is 18.0 Å². The van der Waals surface area contributed by atoms with Gasteiger partial charge in [0.05, 0.1) is 19.4 Å². The normalized spacial score (nSPS) is 10.2. The Balaban J connectivity index is 2.40. The van der Waals surface area contributed by atoms with E-state index in [9.17, 15) is 5.26 Å². The van der Waals surface area contributed by atoms with Crippen LogP contribution in [-0.2, 0) is 6.42 Å². The molecule has 0 spiro atoms. The summed E-state index contributed by atoms with van der Waals surface area (Å²) in [6, 6.07) is 7.96. The first-order valence-corrected chi connectivity index (χ1v) is 7.76. The zero-order valence-electron chi connectivity index (χ0n) is 12.5. The number of aryl methyl sites for hydroxylation is 1. The second-order valence-electron chi connectivity index (χ2n) is 4.46. The van der Waals surface area contributed by atoms with Gasteiger partial charge in [-0.05, 0) is 31.5 Å². The SMILES string of the molecule is CCCc1nc(-c2ccc(OCC)c(OC)c2)sc1C#N. The largest absolute Gasteiger partial charge is 0.493 e. The molecule has 0 amide bonds. The Morgan fingerprint density at radius 3 is 2.71 bits per heavy atom. The van der Waals surface area contributed by atoms with Gasteiger partial charge in [0.1, 0.15) is 16.0 Å². The molecule has 0 radical (unpaired) electrons. The maximum Gasteiger partial charge on any atom is 0.161 e. The Labute approximate surface area is 129 Å². The van der Waals surface area contributed by atoms with Gasteiger partial charge in [-0.3, -0.25) is 0 Å². The van der Waals surface area contributed by atoms with Crippen molar-refractivity contribution in [2.24, 2.45) is 0 Å². The van der Waals surface area contributed by atoms with E-state index in [4.69, 9.17) is 9.47 Å². The van der Waals surface area contributed by atoms with E-state index in [1.54, 1.807) is 7.11 Å². The van der Waals surface area contributed by atoms with Gasteiger partial charge in [-0.25, -0.2) is 4.98 Å². The van der Waals surface area contributed by atoms with Crippen molar-refractivity contribution in [1.29, 1.82) is 5.26 Å². The first-order chi connectivity index (χ1) is 10.2. The Bertz CT molecular complexity index is 659. The Kier molecular flexibility index (Phi) is 5.18. The first kappa shape index (κ1) is 15.3. The predicted molar refractivity (Wildman–Crippen MR) is 84.0 cm³/mol. The van der Waals surface area contributed by atoms with Gasteiger partial charge in [-0.1, -0.05) is 13.3 Å². The first-order valence-electron chi connectivity index (χ1n) is 6.94. The van der Waals surface area contributed by atoms with Gasteiger partial charge in [0, 0.05) is 5.56 Å². The number of nitrogens with zero attached hydrogens (tertiary/aromatic N) is 2. The Morgan fingerprint density at radius 1 is 1.29 bits per heavy atom. The van der Waals surface area contributed by atoms with Crippen molar-refractivity contribution in [3.63, 3.8) is 0 Å². The molecule has 5 heteroatoms. The summed E-state index contributed by atoms with van der Waals surface area (Å²) >= 11 is 1.42. The highest BCUT2D eigenvalue weighted by atomic mass is 32.1. The van der Waals surface area contributed by atoms with Crippen molar-refractivity contribution in [1.82, 2.24) is 4.98 Å². The fraction of sp³-hybridized carbons (Fsp3) is 0.375. The highest BCUT2D eigenvalue weighted by Crippen LogP contribution is 2.35. The summed E-state index contributed by atoms with van der Waals surface area (Å²) < 4.78 is 10.9. The molecule has 0 fully saturated rings. The lowest BCUT2D eigenvalue weighted by Crippen LogP contribution is -1.95. The van der Waals surface area contributed by atoms with E-state index in [0.29, 0.717) is 17.2 Å². The van der Waals surface area contributed by atoms with Crippen molar-refractivity contribution in [2.45, 2.75) is 26.7 Å². The molecule has 0 bridgehead atoms. The maximum atomic E-state index is 9.20. The van der Waals surface area contributed by atoms with Crippen LogP contribution in [-0.4, -0.2) is 18.7 Å². The van der Waals surface area contributed by atoms with Crippen molar-refractivity contribution >= 4 is 11.3 Å². The van der Waals surface area contributed by atoms with E-state index in [1.165, 1.54) is 11.3 Å². The van der Waals surface area contributed by atoms with Crippen LogP contribution in [0.1, 0.15) is 30.8 Å². The summed E-state index contributed by atoms with van der Waals surface area (Å²) in [5, 5.41) is 10.0. The maximum absolute atomic E-state index is 9.20. The number of nitriles is 1. The van der Waals surface area contributed by atoms with Gasteiger partial charge in [-0.2, -0.15) is 5.26 Å². The third-order valence-corrected chi connectivity index (χ3v) is 4.05. The highest BCUT2D eigenvalue weighted by molar-refractivity contribution is 7.15. The Morgan fingerprint density at radius 2 is 2.10 bits per heavy atom. The molecule has 4 nitrogen and oxygen atoms in total. The zero-order valence-corrected chi connectivity index (χ0v) is 13.3. The monoisotopic (exact) mass is 302 g/mol. The molecule has 0 aliphatic heterocycles. The number of rotatable bonds is 6. The molecule has 1 heterocycles. The Hall–Kier alpha value is -2.06. The van der Waals surface area contributed by atoms with Crippen LogP contribution in [0.4, 0.5) is 0 Å². The number of hydrogen-bond donors (Lipinski definition) is 0. The van der Waals surface area contributed by atoms with Crippen LogP contribution in [0.3, 0.4) is 0 Å². The van der Waals surface area contributed by atoms with Crippen LogP contribution in [0.25, 0.3) is 10.6 Å². The molecule has 1 aromatic heterocycles. The minimum atomic E-state index is 0.589.